The number of fused-ring (bicyclic) bond motifs is 2. The van der Waals surface area contributed by atoms with Gasteiger partial charge in [-0.2, -0.15) is 29.4 Å². The second-order valence-electron chi connectivity index (χ2n) is 13.1. The van der Waals surface area contributed by atoms with Crippen LogP contribution in [0.1, 0.15) is 112 Å². The third-order valence-corrected chi connectivity index (χ3v) is 9.71. The summed E-state index contributed by atoms with van der Waals surface area (Å²) in [5.41, 5.74) is 5.06. The lowest BCUT2D eigenvalue weighted by Gasteiger charge is -2.33. The molecule has 2 aromatic carbocycles. The van der Waals surface area contributed by atoms with E-state index in [-0.39, 0.29) is 36.2 Å². The van der Waals surface area contributed by atoms with Gasteiger partial charge < -0.3 is 9.80 Å². The molecule has 2 atom stereocenters. The topological polar surface area (TPSA) is 145 Å². The molecular formula is C40H48Cl2N6O6. The zero-order valence-corrected chi connectivity index (χ0v) is 32.8. The van der Waals surface area contributed by atoms with Crippen molar-refractivity contribution in [2.24, 2.45) is 0 Å². The Bertz CT molecular complexity index is 1850. The number of unbranched alkanes of at least 4 members (excludes halogenated alkanes) is 4. The summed E-state index contributed by atoms with van der Waals surface area (Å²) < 4.78 is 3.90. The Morgan fingerprint density at radius 2 is 1.04 bits per heavy atom. The molecule has 0 bridgehead atoms. The molecule has 2 aliphatic heterocycles. The van der Waals surface area contributed by atoms with Crippen LogP contribution in [0.3, 0.4) is 0 Å². The number of aromatic nitrogens is 4. The molecule has 0 N–H and O–H groups in total. The molecule has 54 heavy (non-hydrogen) atoms. The van der Waals surface area contributed by atoms with Crippen LogP contribution < -0.4 is 0 Å². The van der Waals surface area contributed by atoms with E-state index < -0.39 is 0 Å². The summed E-state index contributed by atoms with van der Waals surface area (Å²) in [7, 11) is 1.87. The molecule has 0 saturated carbocycles. The first kappa shape index (κ1) is 43.5. The molecule has 6 rings (SSSR count). The van der Waals surface area contributed by atoms with E-state index in [9.17, 15) is 9.59 Å². The van der Waals surface area contributed by atoms with Crippen LogP contribution in [-0.2, 0) is 19.2 Å². The SMILES string of the molecule is CCCCCC1CN(C)C(=O)c2cc(-c3ccc(Cl)cc3)nn21.CCCCCC1CN(CCC)C(=O)c2cc(-c3ccc(Cl)cc3)nn21.O=C=O.O=C=O. The fourth-order valence-electron chi connectivity index (χ4n) is 6.59. The average Bonchev–Trinajstić information content (AvgIpc) is 3.81. The zero-order valence-electron chi connectivity index (χ0n) is 31.3. The number of carbonyl (C=O) groups is 2. The molecule has 4 heterocycles. The van der Waals surface area contributed by atoms with Gasteiger partial charge >= 0.3 is 12.3 Å². The minimum absolute atomic E-state index is 0.0458. The maximum Gasteiger partial charge on any atom is 0.373 e. The lowest BCUT2D eigenvalue weighted by Crippen LogP contribution is -2.43. The highest BCUT2D eigenvalue weighted by Crippen LogP contribution is 2.31. The number of hydrogen-bond donors (Lipinski definition) is 0. The zero-order chi connectivity index (χ0) is 39.6. The fraction of sp³-hybridized carbons (Fsp3) is 0.450. The summed E-state index contributed by atoms with van der Waals surface area (Å²) in [4.78, 5) is 61.5. The van der Waals surface area contributed by atoms with Crippen molar-refractivity contribution in [3.05, 3.63) is 82.1 Å². The minimum atomic E-state index is 0.0458. The van der Waals surface area contributed by atoms with Crippen molar-refractivity contribution >= 4 is 47.3 Å². The van der Waals surface area contributed by atoms with Gasteiger partial charge in [0.2, 0.25) is 0 Å². The van der Waals surface area contributed by atoms with Crippen molar-refractivity contribution in [2.45, 2.75) is 90.6 Å². The van der Waals surface area contributed by atoms with Gasteiger partial charge in [-0.15, -0.1) is 0 Å². The Balaban J connectivity index is 0.000000254. The van der Waals surface area contributed by atoms with Crippen molar-refractivity contribution in [1.29, 1.82) is 0 Å². The lowest BCUT2D eigenvalue weighted by molar-refractivity contribution is -0.193. The number of carbonyl (C=O) groups excluding carboxylic acids is 6. The largest absolute Gasteiger partial charge is 0.373 e. The van der Waals surface area contributed by atoms with Crippen LogP contribution in [0.5, 0.6) is 0 Å². The van der Waals surface area contributed by atoms with Gasteiger partial charge in [0.05, 0.1) is 23.5 Å². The highest BCUT2D eigenvalue weighted by Gasteiger charge is 2.33. The van der Waals surface area contributed by atoms with E-state index in [4.69, 9.17) is 52.6 Å². The summed E-state index contributed by atoms with van der Waals surface area (Å²) in [5, 5.41) is 10.9. The van der Waals surface area contributed by atoms with Crippen molar-refractivity contribution in [1.82, 2.24) is 29.4 Å². The van der Waals surface area contributed by atoms with Crippen molar-refractivity contribution < 1.29 is 28.8 Å². The van der Waals surface area contributed by atoms with Gasteiger partial charge in [-0.1, -0.05) is 107 Å². The van der Waals surface area contributed by atoms with Crippen LogP contribution >= 0.6 is 23.2 Å². The molecule has 2 unspecified atom stereocenters. The lowest BCUT2D eigenvalue weighted by atomic mass is 10.0. The second kappa shape index (κ2) is 22.4. The van der Waals surface area contributed by atoms with Gasteiger partial charge in [-0.05, 0) is 55.7 Å². The van der Waals surface area contributed by atoms with E-state index >= 15 is 0 Å². The molecule has 288 valence electrons. The quantitative estimate of drug-likeness (QED) is 0.130. The summed E-state index contributed by atoms with van der Waals surface area (Å²) in [5.74, 6) is 0.144. The van der Waals surface area contributed by atoms with E-state index in [1.54, 1.807) is 4.90 Å². The highest BCUT2D eigenvalue weighted by atomic mass is 35.5. The molecule has 2 amide bonds. The minimum Gasteiger partial charge on any atom is -0.338 e. The van der Waals surface area contributed by atoms with Crippen molar-refractivity contribution in [2.75, 3.05) is 26.7 Å². The number of nitrogens with zero attached hydrogens (tertiary/aromatic N) is 6. The van der Waals surface area contributed by atoms with Crippen LogP contribution in [0, 0.1) is 0 Å². The van der Waals surface area contributed by atoms with E-state index in [0.29, 0.717) is 21.4 Å². The molecule has 0 aliphatic carbocycles. The number of hydrogen-bond acceptors (Lipinski definition) is 8. The van der Waals surface area contributed by atoms with Gasteiger partial charge in [0, 0.05) is 47.9 Å². The molecule has 2 aliphatic rings. The normalized spacial score (nSPS) is 15.6. The standard InChI is InChI=1S/C20H26ClN3O.C18H22ClN3O.2CO2/c1-3-5-6-7-17-14-23(12-4-2)20(25)19-13-18(22-24(17)19)15-8-10-16(21)11-9-15;1-3-4-5-6-15-12-21(2)18(23)17-11-16(20-22(15)17)13-7-9-14(19)10-8-13;2*2-1-3/h8-11,13,17H,3-7,12,14H2,1-2H3;7-11,15H,3-6,12H2,1-2H3;;. The van der Waals surface area contributed by atoms with E-state index in [0.717, 1.165) is 61.4 Å². The molecule has 0 radical (unpaired) electrons. The monoisotopic (exact) mass is 778 g/mol. The predicted octanol–water partition coefficient (Wildman–Crippen LogP) is 8.43. The van der Waals surface area contributed by atoms with Crippen LogP contribution in [0.2, 0.25) is 10.0 Å². The molecule has 12 nitrogen and oxygen atoms in total. The first-order valence-corrected chi connectivity index (χ1v) is 19.1. The highest BCUT2D eigenvalue weighted by molar-refractivity contribution is 6.30. The molecule has 14 heteroatoms. The maximum absolute atomic E-state index is 12.8. The van der Waals surface area contributed by atoms with Crippen LogP contribution in [-0.4, -0.2) is 80.2 Å². The van der Waals surface area contributed by atoms with Crippen molar-refractivity contribution in [3.8, 4) is 22.5 Å². The second-order valence-corrected chi connectivity index (χ2v) is 14.0. The Morgan fingerprint density at radius 1 is 0.630 bits per heavy atom. The van der Waals surface area contributed by atoms with Crippen LogP contribution in [0.25, 0.3) is 22.5 Å². The number of likely N-dealkylation sites (N-methyl/N-ethyl adjacent to an activating group) is 1. The van der Waals surface area contributed by atoms with Gasteiger partial charge in [0.25, 0.3) is 11.8 Å². The van der Waals surface area contributed by atoms with E-state index in [1.807, 2.05) is 82.0 Å². The van der Waals surface area contributed by atoms with Gasteiger partial charge in [-0.25, -0.2) is 0 Å². The van der Waals surface area contributed by atoms with Gasteiger partial charge in [-0.3, -0.25) is 19.0 Å². The van der Waals surface area contributed by atoms with Crippen LogP contribution in [0.4, 0.5) is 0 Å². The maximum atomic E-state index is 12.8. The number of amides is 2. The number of rotatable bonds is 12. The molecule has 4 aromatic rings. The molecule has 0 fully saturated rings. The van der Waals surface area contributed by atoms with Gasteiger partial charge in [0.1, 0.15) is 11.4 Å². The van der Waals surface area contributed by atoms with Crippen LogP contribution in [0.15, 0.2) is 60.7 Å². The Kier molecular flexibility index (Phi) is 18.0. The summed E-state index contributed by atoms with van der Waals surface area (Å²) in [6.07, 6.45) is 10.8. The number of halogens is 2. The van der Waals surface area contributed by atoms with E-state index in [1.165, 1.54) is 38.5 Å². The summed E-state index contributed by atoms with van der Waals surface area (Å²) in [6.45, 7) is 8.84. The van der Waals surface area contributed by atoms with E-state index in [2.05, 4.69) is 20.8 Å². The van der Waals surface area contributed by atoms with Gasteiger partial charge in [0.15, 0.2) is 0 Å². The number of benzene rings is 2. The molecular weight excluding hydrogens is 731 g/mol. The Hall–Kier alpha value is -4.86. The van der Waals surface area contributed by atoms with Crippen molar-refractivity contribution in [3.63, 3.8) is 0 Å². The predicted molar refractivity (Wildman–Crippen MR) is 205 cm³/mol. The summed E-state index contributed by atoms with van der Waals surface area (Å²) >= 11 is 11.9. The molecule has 2 aromatic heterocycles. The fourth-order valence-corrected chi connectivity index (χ4v) is 6.84. The smallest absolute Gasteiger partial charge is 0.338 e. The molecule has 0 saturated heterocycles. The summed E-state index contributed by atoms with van der Waals surface area (Å²) in [6, 6.07) is 19.6. The third kappa shape index (κ3) is 11.8. The first-order chi connectivity index (χ1) is 26.1. The first-order valence-electron chi connectivity index (χ1n) is 18.3. The third-order valence-electron chi connectivity index (χ3n) is 9.21. The Labute approximate surface area is 326 Å². The average molecular weight is 780 g/mol. The Morgan fingerprint density at radius 3 is 1.44 bits per heavy atom. The molecule has 0 spiro atoms.